The average molecular weight is 207 g/mol. The van der Waals surface area contributed by atoms with E-state index >= 15 is 0 Å². The highest BCUT2D eigenvalue weighted by Gasteiger charge is 2.35. The molecule has 0 amide bonds. The van der Waals surface area contributed by atoms with Gasteiger partial charge in [0.1, 0.15) is 5.54 Å². The number of alkyl halides is 2. The van der Waals surface area contributed by atoms with Gasteiger partial charge in [0.25, 0.3) is 6.43 Å². The molecule has 0 saturated heterocycles. The fourth-order valence-corrected chi connectivity index (χ4v) is 1.04. The molecule has 0 saturated carbocycles. The number of hydrogen-bond donors (Lipinski definition) is 1. The second kappa shape index (κ2) is 3.57. The van der Waals surface area contributed by atoms with Crippen molar-refractivity contribution in [1.82, 2.24) is 0 Å². The van der Waals surface area contributed by atoms with Gasteiger partial charge < -0.3 is 5.73 Å². The zero-order valence-corrected chi connectivity index (χ0v) is 7.40. The highest BCUT2D eigenvalue weighted by molar-refractivity contribution is 5.26. The molecule has 0 aliphatic carbocycles. The Labute approximate surface area is 78.5 Å². The summed E-state index contributed by atoms with van der Waals surface area (Å²) in [4.78, 5) is 0. The van der Waals surface area contributed by atoms with Gasteiger partial charge in [0.05, 0.1) is 0 Å². The van der Waals surface area contributed by atoms with Gasteiger partial charge in [-0.2, -0.15) is 0 Å². The lowest BCUT2D eigenvalue weighted by molar-refractivity contribution is 0.0601. The summed E-state index contributed by atoms with van der Waals surface area (Å²) in [5.74, 6) is -2.50. The molecule has 2 N–H and O–H groups in total. The number of benzene rings is 1. The Bertz CT molecular complexity index is 336. The van der Waals surface area contributed by atoms with Crippen LogP contribution in [0, 0.1) is 11.6 Å². The van der Waals surface area contributed by atoms with Crippen LogP contribution in [0.25, 0.3) is 0 Å². The number of nitrogens with two attached hydrogens (primary N) is 1. The van der Waals surface area contributed by atoms with Crippen LogP contribution in [0.2, 0.25) is 0 Å². The fourth-order valence-electron chi connectivity index (χ4n) is 1.04. The van der Waals surface area contributed by atoms with Crippen molar-refractivity contribution >= 4 is 0 Å². The Kier molecular flexibility index (Phi) is 2.80. The van der Waals surface area contributed by atoms with Crippen molar-refractivity contribution < 1.29 is 17.6 Å². The third kappa shape index (κ3) is 1.72. The van der Waals surface area contributed by atoms with E-state index in [1.807, 2.05) is 0 Å². The molecule has 0 aliphatic heterocycles. The van der Waals surface area contributed by atoms with Crippen molar-refractivity contribution in [3.05, 3.63) is 35.4 Å². The van der Waals surface area contributed by atoms with Crippen LogP contribution in [0.3, 0.4) is 0 Å². The Balaban J connectivity index is 3.26. The van der Waals surface area contributed by atoms with Gasteiger partial charge in [-0.3, -0.25) is 0 Å². The lowest BCUT2D eigenvalue weighted by Gasteiger charge is -2.24. The minimum atomic E-state index is -2.96. The zero-order valence-electron chi connectivity index (χ0n) is 7.40. The number of halogens is 4. The van der Waals surface area contributed by atoms with E-state index in [1.165, 1.54) is 0 Å². The smallest absolute Gasteiger partial charge is 0.260 e. The van der Waals surface area contributed by atoms with Gasteiger partial charge in [0, 0.05) is 5.56 Å². The van der Waals surface area contributed by atoms with Gasteiger partial charge >= 0.3 is 0 Å². The van der Waals surface area contributed by atoms with E-state index in [0.717, 1.165) is 25.1 Å². The van der Waals surface area contributed by atoms with Crippen LogP contribution in [0.4, 0.5) is 17.6 Å². The second-order valence-corrected chi connectivity index (χ2v) is 3.18. The first-order valence-corrected chi connectivity index (χ1v) is 3.89. The Morgan fingerprint density at radius 2 is 1.86 bits per heavy atom. The summed E-state index contributed by atoms with van der Waals surface area (Å²) in [5, 5.41) is 0. The molecule has 1 nitrogen and oxygen atoms in total. The van der Waals surface area contributed by atoms with E-state index in [1.54, 1.807) is 0 Å². The monoisotopic (exact) mass is 207 g/mol. The highest BCUT2D eigenvalue weighted by atomic mass is 19.3. The van der Waals surface area contributed by atoms with E-state index in [9.17, 15) is 17.6 Å². The van der Waals surface area contributed by atoms with Gasteiger partial charge in [0.2, 0.25) is 0 Å². The van der Waals surface area contributed by atoms with Gasteiger partial charge in [-0.1, -0.05) is 12.1 Å². The molecular weight excluding hydrogens is 198 g/mol. The molecule has 14 heavy (non-hydrogen) atoms. The second-order valence-electron chi connectivity index (χ2n) is 3.18. The molecule has 0 radical (unpaired) electrons. The normalized spacial score (nSPS) is 15.6. The third-order valence-electron chi connectivity index (χ3n) is 1.99. The van der Waals surface area contributed by atoms with E-state index in [4.69, 9.17) is 5.73 Å². The molecule has 1 atom stereocenters. The lowest BCUT2D eigenvalue weighted by atomic mass is 9.93. The standard InChI is InChI=1S/C9H9F4N/c1-9(14,8(12)13)5-3-2-4-6(10)7(5)11/h2-4,8H,14H2,1H3. The molecular formula is C9H9F4N. The maximum atomic E-state index is 13.1. The average Bonchev–Trinajstić information content (AvgIpc) is 2.09. The zero-order chi connectivity index (χ0) is 10.9. The molecule has 0 fully saturated rings. The summed E-state index contributed by atoms with van der Waals surface area (Å²) in [5.41, 5.74) is 2.50. The first-order valence-electron chi connectivity index (χ1n) is 3.89. The highest BCUT2D eigenvalue weighted by Crippen LogP contribution is 2.28. The lowest BCUT2D eigenvalue weighted by Crippen LogP contribution is -2.41. The Morgan fingerprint density at radius 3 is 2.36 bits per heavy atom. The number of hydrogen-bond acceptors (Lipinski definition) is 1. The summed E-state index contributed by atoms with van der Waals surface area (Å²) in [7, 11) is 0. The predicted molar refractivity (Wildman–Crippen MR) is 43.9 cm³/mol. The summed E-state index contributed by atoms with van der Waals surface area (Å²) in [6, 6.07) is 3.03. The largest absolute Gasteiger partial charge is 0.317 e. The molecule has 1 unspecified atom stereocenters. The van der Waals surface area contributed by atoms with Gasteiger partial charge in [-0.15, -0.1) is 0 Å². The summed E-state index contributed by atoms with van der Waals surface area (Å²) in [6.45, 7) is 0.954. The first kappa shape index (κ1) is 11.0. The van der Waals surface area contributed by atoms with Crippen molar-refractivity contribution in [1.29, 1.82) is 0 Å². The van der Waals surface area contributed by atoms with E-state index in [0.29, 0.717) is 0 Å². The van der Waals surface area contributed by atoms with Crippen molar-refractivity contribution in [3.8, 4) is 0 Å². The molecule has 0 aliphatic rings. The predicted octanol–water partition coefficient (Wildman–Crippen LogP) is 2.40. The van der Waals surface area contributed by atoms with E-state index in [2.05, 4.69) is 0 Å². The fraction of sp³-hybridized carbons (Fsp3) is 0.333. The van der Waals surface area contributed by atoms with Crippen LogP contribution in [-0.4, -0.2) is 6.43 Å². The Morgan fingerprint density at radius 1 is 1.29 bits per heavy atom. The number of rotatable bonds is 2. The maximum Gasteiger partial charge on any atom is 0.260 e. The summed E-state index contributed by atoms with van der Waals surface area (Å²) in [6.07, 6.45) is -2.96. The van der Waals surface area contributed by atoms with Crippen molar-refractivity contribution in [2.24, 2.45) is 5.73 Å². The molecule has 0 aromatic heterocycles. The summed E-state index contributed by atoms with van der Waals surface area (Å²) < 4.78 is 50.6. The minimum Gasteiger partial charge on any atom is -0.317 e. The van der Waals surface area contributed by atoms with Crippen molar-refractivity contribution in [3.63, 3.8) is 0 Å². The van der Waals surface area contributed by atoms with Crippen molar-refractivity contribution in [2.75, 3.05) is 0 Å². The molecule has 1 aromatic rings. The quantitative estimate of drug-likeness (QED) is 0.740. The van der Waals surface area contributed by atoms with E-state index < -0.39 is 29.2 Å². The maximum absolute atomic E-state index is 13.1. The molecule has 0 heterocycles. The van der Waals surface area contributed by atoms with Crippen LogP contribution in [0.1, 0.15) is 12.5 Å². The summed E-state index contributed by atoms with van der Waals surface area (Å²) >= 11 is 0. The SMILES string of the molecule is CC(N)(c1cccc(F)c1F)C(F)F. The van der Waals surface area contributed by atoms with Crippen LogP contribution >= 0.6 is 0 Å². The van der Waals surface area contributed by atoms with Gasteiger partial charge in [0.15, 0.2) is 11.6 Å². The molecule has 78 valence electrons. The Hall–Kier alpha value is -1.10. The molecule has 0 spiro atoms. The van der Waals surface area contributed by atoms with Crippen LogP contribution < -0.4 is 5.73 Å². The molecule has 1 aromatic carbocycles. The van der Waals surface area contributed by atoms with Crippen LogP contribution in [0.5, 0.6) is 0 Å². The molecule has 1 rings (SSSR count). The minimum absolute atomic E-state index is 0.521. The van der Waals surface area contributed by atoms with Gasteiger partial charge in [-0.05, 0) is 13.0 Å². The van der Waals surface area contributed by atoms with Crippen LogP contribution in [-0.2, 0) is 5.54 Å². The topological polar surface area (TPSA) is 26.0 Å². The first-order chi connectivity index (χ1) is 6.37. The third-order valence-corrected chi connectivity index (χ3v) is 1.99. The van der Waals surface area contributed by atoms with Crippen molar-refractivity contribution in [2.45, 2.75) is 18.9 Å². The molecule has 0 bridgehead atoms. The molecule has 5 heteroatoms. The van der Waals surface area contributed by atoms with E-state index in [-0.39, 0.29) is 0 Å². The van der Waals surface area contributed by atoms with Crippen LogP contribution in [0.15, 0.2) is 18.2 Å². The van der Waals surface area contributed by atoms with Gasteiger partial charge in [-0.25, -0.2) is 17.6 Å².